The summed E-state index contributed by atoms with van der Waals surface area (Å²) < 4.78 is 0.772. The van der Waals surface area contributed by atoms with Gasteiger partial charge in [0.15, 0.2) is 5.92 Å². The molecule has 1 saturated heterocycles. The largest absolute Gasteiger partial charge is 0.335 e. The average molecular weight is 429 g/mol. The minimum Gasteiger partial charge on any atom is -0.276 e. The maximum Gasteiger partial charge on any atom is 0.335 e. The molecule has 27 heavy (non-hydrogen) atoms. The zero-order chi connectivity index (χ0) is 19.4. The number of hydrogen-bond acceptors (Lipinski definition) is 5. The third-order valence-electron chi connectivity index (χ3n) is 3.71. The number of hydrogen-bond donors (Lipinski definition) is 2. The molecule has 0 bridgehead atoms. The van der Waals surface area contributed by atoms with Crippen LogP contribution in [0.3, 0.4) is 0 Å². The molecule has 5 amide bonds. The van der Waals surface area contributed by atoms with E-state index in [1.165, 1.54) is 0 Å². The van der Waals surface area contributed by atoms with Crippen LogP contribution in [-0.2, 0) is 9.59 Å². The number of urea groups is 1. The van der Waals surface area contributed by atoms with Crippen molar-refractivity contribution in [1.29, 1.82) is 0 Å². The molecule has 136 valence electrons. The standard InChI is InChI=1S/C18H13BrN4O4/c19-12-6-8-13(9-7-12)23-17(26)14(16(25)21-18(23)27)10-20-22-15(24)11-4-2-1-3-5-11/h1-10,14H,(H,22,24)(H,21,25,27). The molecule has 8 nitrogen and oxygen atoms in total. The van der Waals surface area contributed by atoms with Crippen LogP contribution >= 0.6 is 15.9 Å². The molecule has 1 unspecified atom stereocenters. The molecule has 1 atom stereocenters. The predicted molar refractivity (Wildman–Crippen MR) is 101 cm³/mol. The van der Waals surface area contributed by atoms with E-state index >= 15 is 0 Å². The number of rotatable bonds is 4. The molecular weight excluding hydrogens is 416 g/mol. The minimum absolute atomic E-state index is 0.305. The van der Waals surface area contributed by atoms with Gasteiger partial charge in [-0.15, -0.1) is 0 Å². The first-order valence-electron chi connectivity index (χ1n) is 7.80. The van der Waals surface area contributed by atoms with Crippen LogP contribution in [0.4, 0.5) is 10.5 Å². The Morgan fingerprint density at radius 2 is 1.74 bits per heavy atom. The fraction of sp³-hybridized carbons (Fsp3) is 0.0556. The van der Waals surface area contributed by atoms with Crippen LogP contribution in [0.1, 0.15) is 10.4 Å². The van der Waals surface area contributed by atoms with E-state index in [2.05, 4.69) is 31.8 Å². The number of imide groups is 2. The molecule has 1 fully saturated rings. The molecule has 0 radical (unpaired) electrons. The zero-order valence-corrected chi connectivity index (χ0v) is 15.3. The summed E-state index contributed by atoms with van der Waals surface area (Å²) in [4.78, 5) is 49.5. The van der Waals surface area contributed by atoms with Gasteiger partial charge in [-0.2, -0.15) is 5.10 Å². The first-order valence-corrected chi connectivity index (χ1v) is 8.59. The smallest absolute Gasteiger partial charge is 0.276 e. The highest BCUT2D eigenvalue weighted by atomic mass is 79.9. The first kappa shape index (κ1) is 18.5. The summed E-state index contributed by atoms with van der Waals surface area (Å²) in [6, 6.07) is 13.9. The number of carbonyl (C=O) groups excluding carboxylic acids is 4. The number of amides is 5. The van der Waals surface area contributed by atoms with Gasteiger partial charge in [-0.25, -0.2) is 15.1 Å². The Morgan fingerprint density at radius 3 is 2.41 bits per heavy atom. The monoisotopic (exact) mass is 428 g/mol. The van der Waals surface area contributed by atoms with Crippen molar-refractivity contribution in [3.05, 3.63) is 64.6 Å². The van der Waals surface area contributed by atoms with Gasteiger partial charge in [-0.3, -0.25) is 19.7 Å². The summed E-state index contributed by atoms with van der Waals surface area (Å²) in [5.74, 6) is -3.40. The summed E-state index contributed by atoms with van der Waals surface area (Å²) >= 11 is 3.27. The lowest BCUT2D eigenvalue weighted by molar-refractivity contribution is -0.131. The number of nitrogens with zero attached hydrogens (tertiary/aromatic N) is 2. The van der Waals surface area contributed by atoms with Crippen molar-refractivity contribution in [2.24, 2.45) is 11.0 Å². The fourth-order valence-electron chi connectivity index (χ4n) is 2.38. The maximum atomic E-state index is 12.6. The van der Waals surface area contributed by atoms with Crippen molar-refractivity contribution in [2.45, 2.75) is 0 Å². The van der Waals surface area contributed by atoms with Crippen LogP contribution < -0.4 is 15.6 Å². The summed E-state index contributed by atoms with van der Waals surface area (Å²) in [6.07, 6.45) is 0.997. The number of nitrogens with one attached hydrogen (secondary N) is 2. The number of hydrazone groups is 1. The molecule has 0 spiro atoms. The average Bonchev–Trinajstić information content (AvgIpc) is 2.66. The Kier molecular flexibility index (Phi) is 5.41. The lowest BCUT2D eigenvalue weighted by Gasteiger charge is -2.28. The molecule has 2 aromatic carbocycles. The number of anilines is 1. The van der Waals surface area contributed by atoms with E-state index in [1.807, 2.05) is 0 Å². The highest BCUT2D eigenvalue weighted by Gasteiger charge is 2.40. The van der Waals surface area contributed by atoms with Gasteiger partial charge < -0.3 is 0 Å². The number of barbiturate groups is 1. The van der Waals surface area contributed by atoms with Gasteiger partial charge in [0, 0.05) is 16.3 Å². The molecule has 1 aliphatic rings. The van der Waals surface area contributed by atoms with Crippen molar-refractivity contribution in [1.82, 2.24) is 10.7 Å². The normalized spacial score (nSPS) is 17.1. The quantitative estimate of drug-likeness (QED) is 0.441. The van der Waals surface area contributed by atoms with E-state index in [-0.39, 0.29) is 0 Å². The lowest BCUT2D eigenvalue weighted by Crippen LogP contribution is -2.58. The van der Waals surface area contributed by atoms with Gasteiger partial charge in [0.2, 0.25) is 5.91 Å². The van der Waals surface area contributed by atoms with Crippen LogP contribution in [0.25, 0.3) is 0 Å². The molecule has 0 saturated carbocycles. The second kappa shape index (κ2) is 7.92. The lowest BCUT2D eigenvalue weighted by atomic mass is 10.1. The van der Waals surface area contributed by atoms with Crippen molar-refractivity contribution in [3.63, 3.8) is 0 Å². The summed E-state index contributed by atoms with van der Waals surface area (Å²) in [5.41, 5.74) is 2.93. The van der Waals surface area contributed by atoms with Gasteiger partial charge in [-0.1, -0.05) is 34.1 Å². The van der Waals surface area contributed by atoms with Gasteiger partial charge in [-0.05, 0) is 36.4 Å². The Hall–Kier alpha value is -3.33. The molecule has 1 heterocycles. The maximum absolute atomic E-state index is 12.6. The van der Waals surface area contributed by atoms with Gasteiger partial charge >= 0.3 is 6.03 Å². The second-order valence-corrected chi connectivity index (χ2v) is 6.42. The zero-order valence-electron chi connectivity index (χ0n) is 13.8. The highest BCUT2D eigenvalue weighted by molar-refractivity contribution is 9.10. The topological polar surface area (TPSA) is 108 Å². The minimum atomic E-state index is -1.34. The molecule has 0 aromatic heterocycles. The molecular formula is C18H13BrN4O4. The Balaban J connectivity index is 1.75. The molecule has 1 aliphatic heterocycles. The van der Waals surface area contributed by atoms with Crippen LogP contribution in [0, 0.1) is 5.92 Å². The van der Waals surface area contributed by atoms with Crippen LogP contribution in [-0.4, -0.2) is 30.0 Å². The summed E-state index contributed by atoms with van der Waals surface area (Å²) in [6.45, 7) is 0. The fourth-order valence-corrected chi connectivity index (χ4v) is 2.65. The van der Waals surface area contributed by atoms with Crippen molar-refractivity contribution in [2.75, 3.05) is 4.90 Å². The van der Waals surface area contributed by atoms with E-state index in [0.717, 1.165) is 15.6 Å². The molecule has 2 aromatic rings. The number of halogens is 1. The van der Waals surface area contributed by atoms with E-state index < -0.39 is 29.7 Å². The Bertz CT molecular complexity index is 928. The number of benzene rings is 2. The van der Waals surface area contributed by atoms with E-state index in [9.17, 15) is 19.2 Å². The number of carbonyl (C=O) groups is 4. The van der Waals surface area contributed by atoms with Gasteiger partial charge in [0.05, 0.1) is 5.69 Å². The van der Waals surface area contributed by atoms with E-state index in [0.29, 0.717) is 11.3 Å². The SMILES string of the molecule is O=C(NN=CC1C(=O)NC(=O)N(c2ccc(Br)cc2)C1=O)c1ccccc1. The van der Waals surface area contributed by atoms with Gasteiger partial charge in [0.1, 0.15) is 0 Å². The molecule has 3 rings (SSSR count). The first-order chi connectivity index (χ1) is 13.0. The molecule has 0 aliphatic carbocycles. The van der Waals surface area contributed by atoms with Crippen molar-refractivity contribution >= 4 is 51.6 Å². The third-order valence-corrected chi connectivity index (χ3v) is 4.24. The van der Waals surface area contributed by atoms with E-state index in [4.69, 9.17) is 0 Å². The second-order valence-electron chi connectivity index (χ2n) is 5.51. The Labute approximate surface area is 162 Å². The third kappa shape index (κ3) is 4.09. The van der Waals surface area contributed by atoms with Crippen molar-refractivity contribution < 1.29 is 19.2 Å². The highest BCUT2D eigenvalue weighted by Crippen LogP contribution is 2.22. The molecule has 2 N–H and O–H groups in total. The van der Waals surface area contributed by atoms with Crippen LogP contribution in [0.2, 0.25) is 0 Å². The summed E-state index contributed by atoms with van der Waals surface area (Å²) in [5, 5.41) is 5.79. The van der Waals surface area contributed by atoms with E-state index in [1.54, 1.807) is 54.6 Å². The van der Waals surface area contributed by atoms with Gasteiger partial charge in [0.25, 0.3) is 11.8 Å². The predicted octanol–water partition coefficient (Wildman–Crippen LogP) is 2.06. The summed E-state index contributed by atoms with van der Waals surface area (Å²) in [7, 11) is 0. The Morgan fingerprint density at radius 1 is 1.07 bits per heavy atom. The molecule has 9 heteroatoms. The van der Waals surface area contributed by atoms with Crippen molar-refractivity contribution in [3.8, 4) is 0 Å². The van der Waals surface area contributed by atoms with Crippen LogP contribution in [0.15, 0.2) is 64.2 Å². The van der Waals surface area contributed by atoms with Crippen LogP contribution in [0.5, 0.6) is 0 Å².